The van der Waals surface area contributed by atoms with E-state index >= 15 is 0 Å². The van der Waals surface area contributed by atoms with Crippen LogP contribution in [-0.4, -0.2) is 35.3 Å². The molecule has 0 radical (unpaired) electrons. The molecule has 0 saturated carbocycles. The number of anilines is 2. The third kappa shape index (κ3) is 5.71. The fourth-order valence-corrected chi connectivity index (χ4v) is 4.75. The summed E-state index contributed by atoms with van der Waals surface area (Å²) in [6, 6.07) is 16.5. The molecule has 6 nitrogen and oxygen atoms in total. The first-order valence-corrected chi connectivity index (χ1v) is 12.6. The number of para-hydroxylation sites is 1. The van der Waals surface area contributed by atoms with Gasteiger partial charge in [-0.15, -0.1) is 0 Å². The molecule has 4 aromatic rings. The van der Waals surface area contributed by atoms with Crippen LogP contribution in [0.15, 0.2) is 73.2 Å². The molecule has 1 aliphatic carbocycles. The van der Waals surface area contributed by atoms with Crippen LogP contribution >= 0.6 is 0 Å². The maximum Gasteiger partial charge on any atom is 0.227 e. The molecule has 0 saturated heterocycles. The van der Waals surface area contributed by atoms with Crippen LogP contribution in [0.5, 0.6) is 5.75 Å². The Morgan fingerprint density at radius 1 is 1.03 bits per heavy atom. The van der Waals surface area contributed by atoms with E-state index < -0.39 is 0 Å². The van der Waals surface area contributed by atoms with Gasteiger partial charge in [0.2, 0.25) is 5.95 Å². The maximum absolute atomic E-state index is 5.41. The Morgan fingerprint density at radius 2 is 1.97 bits per heavy atom. The quantitative estimate of drug-likeness (QED) is 0.365. The predicted octanol–water partition coefficient (Wildman–Crippen LogP) is 6.39. The SMILES string of the molecule is C1=C(c2cccc3cnc(Nc4cccnc4)nc23)CCOC1.COc1ccc2c(c1)CCC(C)C2. The van der Waals surface area contributed by atoms with Gasteiger partial charge in [-0.25, -0.2) is 9.97 Å². The summed E-state index contributed by atoms with van der Waals surface area (Å²) in [4.78, 5) is 13.2. The molecule has 6 rings (SSSR count). The van der Waals surface area contributed by atoms with Crippen LogP contribution in [-0.2, 0) is 17.6 Å². The minimum atomic E-state index is 0.575. The number of nitrogens with one attached hydrogen (secondary N) is 1. The van der Waals surface area contributed by atoms with Gasteiger partial charge in [0, 0.05) is 23.3 Å². The summed E-state index contributed by atoms with van der Waals surface area (Å²) < 4.78 is 10.6. The zero-order valence-corrected chi connectivity index (χ0v) is 20.9. The van der Waals surface area contributed by atoms with Gasteiger partial charge in [0.25, 0.3) is 0 Å². The summed E-state index contributed by atoms with van der Waals surface area (Å²) >= 11 is 0. The highest BCUT2D eigenvalue weighted by molar-refractivity contribution is 5.91. The highest BCUT2D eigenvalue weighted by Crippen LogP contribution is 2.29. The van der Waals surface area contributed by atoms with E-state index in [2.05, 4.69) is 52.5 Å². The van der Waals surface area contributed by atoms with Crippen LogP contribution in [0, 0.1) is 5.92 Å². The molecule has 0 fully saturated rings. The molecule has 2 aromatic carbocycles. The van der Waals surface area contributed by atoms with E-state index in [1.807, 2.05) is 30.5 Å². The van der Waals surface area contributed by atoms with Crippen molar-refractivity contribution in [1.82, 2.24) is 15.0 Å². The minimum Gasteiger partial charge on any atom is -0.497 e. The van der Waals surface area contributed by atoms with Crippen molar-refractivity contribution in [3.8, 4) is 5.75 Å². The lowest BCUT2D eigenvalue weighted by molar-refractivity contribution is 0.161. The van der Waals surface area contributed by atoms with E-state index in [0.717, 1.165) is 46.8 Å². The second kappa shape index (κ2) is 11.3. The molecular weight excluding hydrogens is 448 g/mol. The Bertz CT molecular complexity index is 1350. The summed E-state index contributed by atoms with van der Waals surface area (Å²) in [6.07, 6.45) is 12.2. The van der Waals surface area contributed by atoms with Gasteiger partial charge in [0.1, 0.15) is 5.75 Å². The predicted molar refractivity (Wildman–Crippen MR) is 145 cm³/mol. The van der Waals surface area contributed by atoms with Gasteiger partial charge < -0.3 is 14.8 Å². The number of benzene rings is 2. The molecule has 2 aromatic heterocycles. The number of pyridine rings is 1. The molecule has 0 bridgehead atoms. The number of aryl methyl sites for hydroxylation is 1. The van der Waals surface area contributed by atoms with E-state index in [-0.39, 0.29) is 0 Å². The number of nitrogens with zero attached hydrogens (tertiary/aromatic N) is 3. The first-order chi connectivity index (χ1) is 17.7. The number of fused-ring (bicyclic) bond motifs is 2. The fourth-order valence-electron chi connectivity index (χ4n) is 4.75. The average Bonchev–Trinajstić information content (AvgIpc) is 2.94. The number of methoxy groups -OCH3 is 1. The third-order valence-electron chi connectivity index (χ3n) is 6.73. The number of rotatable bonds is 4. The van der Waals surface area contributed by atoms with Crippen molar-refractivity contribution in [2.45, 2.75) is 32.6 Å². The largest absolute Gasteiger partial charge is 0.497 e. The van der Waals surface area contributed by atoms with Crippen LogP contribution in [0.4, 0.5) is 11.6 Å². The Kier molecular flexibility index (Phi) is 7.52. The van der Waals surface area contributed by atoms with E-state index in [4.69, 9.17) is 14.5 Å². The molecule has 1 N–H and O–H groups in total. The van der Waals surface area contributed by atoms with E-state index in [1.54, 1.807) is 19.5 Å². The Labute approximate surface area is 212 Å². The maximum atomic E-state index is 5.41. The standard InChI is InChI=1S/C18H16N4O.C12H16O/c1-3-14-11-20-18(21-15-4-2-8-19-12-15)22-17(14)16(5-1)13-6-9-23-10-7-13;1-9-3-4-11-8-12(13-2)6-5-10(11)7-9/h1-6,8,11-12H,7,9-10H2,(H,20,21,22);5-6,8-9H,3-4,7H2,1-2H3. The Morgan fingerprint density at radius 3 is 2.78 bits per heavy atom. The Hall–Kier alpha value is -3.77. The van der Waals surface area contributed by atoms with Gasteiger partial charge in [0.05, 0.1) is 37.7 Å². The van der Waals surface area contributed by atoms with Gasteiger partial charge in [-0.2, -0.15) is 0 Å². The molecule has 0 spiro atoms. The second-order valence-corrected chi connectivity index (χ2v) is 9.34. The fraction of sp³-hybridized carbons (Fsp3) is 0.300. The van der Waals surface area contributed by atoms with Crippen LogP contribution < -0.4 is 10.1 Å². The monoisotopic (exact) mass is 480 g/mol. The van der Waals surface area contributed by atoms with E-state index in [9.17, 15) is 0 Å². The average molecular weight is 481 g/mol. The molecule has 1 unspecified atom stereocenters. The molecule has 2 aliphatic rings. The summed E-state index contributed by atoms with van der Waals surface area (Å²) in [5, 5.41) is 4.23. The highest BCUT2D eigenvalue weighted by atomic mass is 16.5. The highest BCUT2D eigenvalue weighted by Gasteiger charge is 2.15. The number of aromatic nitrogens is 3. The van der Waals surface area contributed by atoms with E-state index in [0.29, 0.717) is 12.6 Å². The molecule has 0 amide bonds. The number of ether oxygens (including phenoxy) is 2. The minimum absolute atomic E-state index is 0.575. The normalized spacial score (nSPS) is 16.8. The van der Waals surface area contributed by atoms with Crippen molar-refractivity contribution >= 4 is 28.1 Å². The van der Waals surface area contributed by atoms with Crippen molar-refractivity contribution in [2.24, 2.45) is 5.92 Å². The van der Waals surface area contributed by atoms with Crippen LogP contribution in [0.1, 0.15) is 36.5 Å². The Balaban J connectivity index is 0.000000174. The van der Waals surface area contributed by atoms with Crippen molar-refractivity contribution < 1.29 is 9.47 Å². The first-order valence-electron chi connectivity index (χ1n) is 12.6. The molecular formula is C30H32N4O2. The van der Waals surface area contributed by atoms with Gasteiger partial charge in [-0.3, -0.25) is 4.98 Å². The molecule has 1 atom stereocenters. The first kappa shape index (κ1) is 23.9. The molecule has 6 heteroatoms. The smallest absolute Gasteiger partial charge is 0.227 e. The van der Waals surface area contributed by atoms with Gasteiger partial charge in [0.15, 0.2) is 0 Å². The van der Waals surface area contributed by atoms with Crippen molar-refractivity contribution in [3.63, 3.8) is 0 Å². The van der Waals surface area contributed by atoms with Crippen molar-refractivity contribution in [1.29, 1.82) is 0 Å². The summed E-state index contributed by atoms with van der Waals surface area (Å²) in [5.41, 5.74) is 7.27. The topological polar surface area (TPSA) is 69.2 Å². The van der Waals surface area contributed by atoms with Crippen LogP contribution in [0.25, 0.3) is 16.5 Å². The molecule has 36 heavy (non-hydrogen) atoms. The van der Waals surface area contributed by atoms with Gasteiger partial charge in [-0.1, -0.05) is 37.3 Å². The lowest BCUT2D eigenvalue weighted by Crippen LogP contribution is -2.10. The summed E-state index contributed by atoms with van der Waals surface area (Å²) in [7, 11) is 1.73. The van der Waals surface area contributed by atoms with Crippen LogP contribution in [0.3, 0.4) is 0 Å². The number of hydrogen-bond donors (Lipinski definition) is 1. The second-order valence-electron chi connectivity index (χ2n) is 9.34. The molecule has 3 heterocycles. The van der Waals surface area contributed by atoms with Gasteiger partial charge in [-0.05, 0) is 72.6 Å². The zero-order chi connectivity index (χ0) is 24.7. The molecule has 184 valence electrons. The lowest BCUT2D eigenvalue weighted by atomic mass is 9.85. The van der Waals surface area contributed by atoms with Crippen molar-refractivity contribution in [3.05, 3.63) is 89.9 Å². The van der Waals surface area contributed by atoms with Gasteiger partial charge >= 0.3 is 0 Å². The number of hydrogen-bond acceptors (Lipinski definition) is 6. The zero-order valence-electron chi connectivity index (χ0n) is 20.9. The van der Waals surface area contributed by atoms with E-state index in [1.165, 1.54) is 36.0 Å². The lowest BCUT2D eigenvalue weighted by Gasteiger charge is -2.21. The van der Waals surface area contributed by atoms with Crippen molar-refractivity contribution in [2.75, 3.05) is 25.6 Å². The summed E-state index contributed by atoms with van der Waals surface area (Å²) in [5.74, 6) is 2.42. The van der Waals surface area contributed by atoms with Crippen LogP contribution in [0.2, 0.25) is 0 Å². The third-order valence-corrected chi connectivity index (χ3v) is 6.73. The summed E-state index contributed by atoms with van der Waals surface area (Å²) in [6.45, 7) is 3.75. The molecule has 1 aliphatic heterocycles.